The molecule has 1 aromatic rings. The van der Waals surface area contributed by atoms with Crippen LogP contribution in [-0.4, -0.2) is 11.0 Å². The van der Waals surface area contributed by atoms with Gasteiger partial charge in [0.25, 0.3) is 0 Å². The Labute approximate surface area is 112 Å². The largest absolute Gasteiger partial charge is 0.310 e. The van der Waals surface area contributed by atoms with E-state index in [-0.39, 0.29) is 0 Å². The maximum Gasteiger partial charge on any atom is 0.0300 e. The Bertz CT molecular complexity index is 335. The Kier molecular flexibility index (Phi) is 6.34. The Hall–Kier alpha value is -0.890. The molecule has 0 radical (unpaired) electrons. The highest BCUT2D eigenvalue weighted by atomic mass is 14.9. The van der Waals surface area contributed by atoms with Crippen LogP contribution >= 0.6 is 0 Å². The minimum atomic E-state index is 0.623. The highest BCUT2D eigenvalue weighted by Gasteiger charge is 2.12. The van der Waals surface area contributed by atoms with Crippen molar-refractivity contribution in [1.82, 2.24) is 10.3 Å². The minimum absolute atomic E-state index is 0.623. The van der Waals surface area contributed by atoms with E-state index in [9.17, 15) is 0 Å². The number of nitrogens with zero attached hydrogens (tertiary/aromatic N) is 1. The van der Waals surface area contributed by atoms with Crippen molar-refractivity contribution in [2.75, 3.05) is 0 Å². The van der Waals surface area contributed by atoms with Crippen molar-refractivity contribution in [3.05, 3.63) is 29.6 Å². The first kappa shape index (κ1) is 15.2. The molecule has 0 spiro atoms. The molecule has 0 saturated heterocycles. The number of nitrogens with one attached hydrogen (secondary N) is 1. The summed E-state index contributed by atoms with van der Waals surface area (Å²) in [4.78, 5) is 4.14. The second kappa shape index (κ2) is 7.52. The van der Waals surface area contributed by atoms with Crippen LogP contribution in [0.3, 0.4) is 0 Å². The van der Waals surface area contributed by atoms with E-state index in [0.29, 0.717) is 6.04 Å². The molecule has 1 heterocycles. The average molecular weight is 248 g/mol. The molecule has 0 aromatic carbocycles. The zero-order valence-electron chi connectivity index (χ0n) is 12.5. The minimum Gasteiger partial charge on any atom is -0.310 e. The van der Waals surface area contributed by atoms with Crippen molar-refractivity contribution >= 4 is 0 Å². The number of pyridine rings is 1. The molecule has 1 N–H and O–H groups in total. The fourth-order valence-corrected chi connectivity index (χ4v) is 2.36. The lowest BCUT2D eigenvalue weighted by atomic mass is 9.95. The zero-order valence-corrected chi connectivity index (χ0v) is 12.5. The fourth-order valence-electron chi connectivity index (χ4n) is 2.36. The van der Waals surface area contributed by atoms with E-state index in [1.807, 2.05) is 12.4 Å². The molecule has 2 nitrogen and oxygen atoms in total. The number of hydrogen-bond donors (Lipinski definition) is 1. The van der Waals surface area contributed by atoms with Gasteiger partial charge in [-0.25, -0.2) is 0 Å². The van der Waals surface area contributed by atoms with Gasteiger partial charge >= 0.3 is 0 Å². The number of aryl methyl sites for hydroxylation is 1. The molecular weight excluding hydrogens is 220 g/mol. The van der Waals surface area contributed by atoms with Gasteiger partial charge in [0.15, 0.2) is 0 Å². The molecule has 1 aromatic heterocycles. The van der Waals surface area contributed by atoms with E-state index in [0.717, 1.165) is 18.4 Å². The molecule has 18 heavy (non-hydrogen) atoms. The van der Waals surface area contributed by atoms with Crippen LogP contribution in [0.4, 0.5) is 0 Å². The molecule has 0 amide bonds. The van der Waals surface area contributed by atoms with Crippen LogP contribution in [0.15, 0.2) is 18.5 Å². The SMILES string of the molecule is Cc1cnccc1CNC(CC(C)C)CC(C)C. The second-order valence-electron chi connectivity index (χ2n) is 6.14. The molecule has 102 valence electrons. The van der Waals surface area contributed by atoms with Gasteiger partial charge in [0.05, 0.1) is 0 Å². The van der Waals surface area contributed by atoms with Crippen LogP contribution in [0, 0.1) is 18.8 Å². The maximum absolute atomic E-state index is 4.14. The molecule has 1 rings (SSSR count). The second-order valence-corrected chi connectivity index (χ2v) is 6.14. The molecule has 0 unspecified atom stereocenters. The van der Waals surface area contributed by atoms with E-state index in [1.54, 1.807) is 0 Å². The monoisotopic (exact) mass is 248 g/mol. The highest BCUT2D eigenvalue weighted by Crippen LogP contribution is 2.14. The smallest absolute Gasteiger partial charge is 0.0300 e. The summed E-state index contributed by atoms with van der Waals surface area (Å²) < 4.78 is 0. The molecule has 0 aliphatic heterocycles. The highest BCUT2D eigenvalue weighted by molar-refractivity contribution is 5.21. The van der Waals surface area contributed by atoms with Crippen LogP contribution in [0.25, 0.3) is 0 Å². The molecular formula is C16H28N2. The van der Waals surface area contributed by atoms with Crippen LogP contribution in [-0.2, 0) is 6.54 Å². The van der Waals surface area contributed by atoms with Gasteiger partial charge in [-0.2, -0.15) is 0 Å². The van der Waals surface area contributed by atoms with Gasteiger partial charge in [0.1, 0.15) is 0 Å². The van der Waals surface area contributed by atoms with Crippen LogP contribution in [0.1, 0.15) is 51.7 Å². The summed E-state index contributed by atoms with van der Waals surface area (Å²) in [5, 5.41) is 3.71. The van der Waals surface area contributed by atoms with Crippen molar-refractivity contribution < 1.29 is 0 Å². The van der Waals surface area contributed by atoms with Gasteiger partial charge in [0, 0.05) is 25.0 Å². The first-order chi connectivity index (χ1) is 8.49. The van der Waals surface area contributed by atoms with Crippen molar-refractivity contribution in [1.29, 1.82) is 0 Å². The standard InChI is InChI=1S/C16H28N2/c1-12(2)8-16(9-13(3)4)18-11-15-6-7-17-10-14(15)5/h6-7,10,12-13,16,18H,8-9,11H2,1-5H3. The van der Waals surface area contributed by atoms with E-state index >= 15 is 0 Å². The topological polar surface area (TPSA) is 24.9 Å². The summed E-state index contributed by atoms with van der Waals surface area (Å²) in [6.45, 7) is 12.3. The third-order valence-corrected chi connectivity index (χ3v) is 3.23. The first-order valence-electron chi connectivity index (χ1n) is 7.12. The summed E-state index contributed by atoms with van der Waals surface area (Å²) >= 11 is 0. The lowest BCUT2D eigenvalue weighted by molar-refractivity contribution is 0.358. The number of hydrogen-bond acceptors (Lipinski definition) is 2. The third-order valence-electron chi connectivity index (χ3n) is 3.23. The molecule has 0 aliphatic carbocycles. The summed E-state index contributed by atoms with van der Waals surface area (Å²) in [5.41, 5.74) is 2.64. The Balaban J connectivity index is 2.53. The number of aromatic nitrogens is 1. The van der Waals surface area contributed by atoms with Gasteiger partial charge in [-0.3, -0.25) is 4.98 Å². The van der Waals surface area contributed by atoms with Crippen molar-refractivity contribution in [2.45, 2.75) is 60.0 Å². The molecule has 0 atom stereocenters. The van der Waals surface area contributed by atoms with E-state index in [2.05, 4.69) is 51.0 Å². The van der Waals surface area contributed by atoms with Crippen molar-refractivity contribution in [2.24, 2.45) is 11.8 Å². The predicted molar refractivity (Wildman–Crippen MR) is 78.5 cm³/mol. The van der Waals surface area contributed by atoms with Gasteiger partial charge in [0.2, 0.25) is 0 Å². The van der Waals surface area contributed by atoms with Gasteiger partial charge in [-0.1, -0.05) is 27.7 Å². The van der Waals surface area contributed by atoms with Crippen molar-refractivity contribution in [3.63, 3.8) is 0 Å². The van der Waals surface area contributed by atoms with Gasteiger partial charge in [-0.15, -0.1) is 0 Å². The molecule has 2 heteroatoms. The average Bonchev–Trinajstić information content (AvgIpc) is 2.26. The first-order valence-corrected chi connectivity index (χ1v) is 7.12. The van der Waals surface area contributed by atoms with E-state index < -0.39 is 0 Å². The summed E-state index contributed by atoms with van der Waals surface area (Å²) in [6.07, 6.45) is 6.32. The zero-order chi connectivity index (χ0) is 13.5. The summed E-state index contributed by atoms with van der Waals surface area (Å²) in [7, 11) is 0. The third kappa shape index (κ3) is 5.63. The maximum atomic E-state index is 4.14. The Morgan fingerprint density at radius 2 is 1.72 bits per heavy atom. The lowest BCUT2D eigenvalue weighted by Gasteiger charge is -2.23. The number of rotatable bonds is 7. The van der Waals surface area contributed by atoms with Crippen LogP contribution in [0.5, 0.6) is 0 Å². The Morgan fingerprint density at radius 1 is 1.11 bits per heavy atom. The fraction of sp³-hybridized carbons (Fsp3) is 0.688. The quantitative estimate of drug-likeness (QED) is 0.790. The predicted octanol–water partition coefficient (Wildman–Crippen LogP) is 3.94. The van der Waals surface area contributed by atoms with E-state index in [4.69, 9.17) is 0 Å². The van der Waals surface area contributed by atoms with Gasteiger partial charge < -0.3 is 5.32 Å². The molecule has 0 aliphatic rings. The van der Waals surface area contributed by atoms with E-state index in [1.165, 1.54) is 24.0 Å². The molecule has 0 bridgehead atoms. The van der Waals surface area contributed by atoms with Crippen LogP contribution in [0.2, 0.25) is 0 Å². The lowest BCUT2D eigenvalue weighted by Crippen LogP contribution is -2.31. The normalized spacial score (nSPS) is 11.8. The Morgan fingerprint density at radius 3 is 2.22 bits per heavy atom. The van der Waals surface area contributed by atoms with Crippen molar-refractivity contribution in [3.8, 4) is 0 Å². The summed E-state index contributed by atoms with van der Waals surface area (Å²) in [6, 6.07) is 2.74. The summed E-state index contributed by atoms with van der Waals surface area (Å²) in [5.74, 6) is 1.50. The molecule has 0 saturated carbocycles. The van der Waals surface area contributed by atoms with Gasteiger partial charge in [-0.05, 0) is 48.8 Å². The van der Waals surface area contributed by atoms with Crippen LogP contribution < -0.4 is 5.32 Å². The molecule has 0 fully saturated rings.